The van der Waals surface area contributed by atoms with E-state index in [0.717, 1.165) is 20.8 Å². The molecule has 0 atom stereocenters. The minimum absolute atomic E-state index is 0.0816. The van der Waals surface area contributed by atoms with Crippen LogP contribution in [0.1, 0.15) is 23.0 Å². The molecule has 0 saturated carbocycles. The quantitative estimate of drug-likeness (QED) is 0.735. The molecule has 3 nitrogen and oxygen atoms in total. The van der Waals surface area contributed by atoms with E-state index in [2.05, 4.69) is 4.98 Å². The Balaban J connectivity index is 2.17. The number of aromatic nitrogens is 1. The summed E-state index contributed by atoms with van der Waals surface area (Å²) in [6, 6.07) is 7.95. The van der Waals surface area contributed by atoms with Crippen molar-refractivity contribution in [2.24, 2.45) is 0 Å². The number of nitrogens with zero attached hydrogens (tertiary/aromatic N) is 1. The van der Waals surface area contributed by atoms with Gasteiger partial charge in [0.05, 0.1) is 21.1 Å². The Morgan fingerprint density at radius 1 is 1.37 bits per heavy atom. The van der Waals surface area contributed by atoms with Crippen molar-refractivity contribution in [3.63, 3.8) is 0 Å². The number of ketones is 1. The Hall–Kier alpha value is -1.72. The lowest BCUT2D eigenvalue weighted by Crippen LogP contribution is -1.97. The van der Waals surface area contributed by atoms with Gasteiger partial charge in [-0.1, -0.05) is 13.0 Å². The fraction of sp³-hybridized carbons (Fsp3) is 0.143. The maximum absolute atomic E-state index is 11.8. The van der Waals surface area contributed by atoms with E-state index >= 15 is 0 Å². The molecule has 96 valence electrons. The molecule has 0 aliphatic rings. The van der Waals surface area contributed by atoms with E-state index in [9.17, 15) is 4.79 Å². The number of carbonyl (C=O) groups is 1. The fourth-order valence-electron chi connectivity index (χ4n) is 1.93. The molecule has 0 fully saturated rings. The van der Waals surface area contributed by atoms with Crippen LogP contribution in [0.2, 0.25) is 0 Å². The molecule has 0 saturated heterocycles. The second kappa shape index (κ2) is 4.75. The number of nitrogen functional groups attached to an aromatic ring is 1. The Kier molecular flexibility index (Phi) is 3.08. The first kappa shape index (κ1) is 12.3. The van der Waals surface area contributed by atoms with Gasteiger partial charge in [-0.3, -0.25) is 4.79 Å². The van der Waals surface area contributed by atoms with E-state index in [4.69, 9.17) is 5.73 Å². The number of Topliss-reactive ketones (excluding diaryl/α,β-unsaturated/α-hetero) is 1. The molecule has 0 spiro atoms. The van der Waals surface area contributed by atoms with Gasteiger partial charge in [-0.2, -0.15) is 0 Å². The standard InChI is InChI=1S/C14H12N2OS2/c1-2-10(17)13-12(15)8-5-6-9(16-14(8)19-13)11-4-3-7-18-11/h3-7H,2,15H2,1H3. The number of anilines is 1. The van der Waals surface area contributed by atoms with Crippen molar-refractivity contribution >= 4 is 44.4 Å². The van der Waals surface area contributed by atoms with E-state index in [0.29, 0.717) is 17.0 Å². The minimum Gasteiger partial charge on any atom is -0.397 e. The molecular formula is C14H12N2OS2. The zero-order valence-electron chi connectivity index (χ0n) is 10.3. The van der Waals surface area contributed by atoms with E-state index in [1.807, 2.05) is 36.6 Å². The number of pyridine rings is 1. The van der Waals surface area contributed by atoms with Gasteiger partial charge in [0.25, 0.3) is 0 Å². The Morgan fingerprint density at radius 3 is 2.89 bits per heavy atom. The predicted octanol–water partition coefficient (Wildman–Crippen LogP) is 4.20. The molecule has 0 aliphatic carbocycles. The van der Waals surface area contributed by atoms with Crippen LogP contribution in [0.5, 0.6) is 0 Å². The van der Waals surface area contributed by atoms with Crippen LogP contribution >= 0.6 is 22.7 Å². The average molecular weight is 288 g/mol. The van der Waals surface area contributed by atoms with Crippen molar-refractivity contribution in [3.8, 4) is 10.6 Å². The second-order valence-corrected chi connectivity index (χ2v) is 6.09. The van der Waals surface area contributed by atoms with Crippen LogP contribution in [-0.4, -0.2) is 10.8 Å². The number of nitrogens with two attached hydrogens (primary N) is 1. The molecule has 0 radical (unpaired) electrons. The summed E-state index contributed by atoms with van der Waals surface area (Å²) < 4.78 is 0. The molecule has 0 unspecified atom stereocenters. The molecule has 0 aliphatic heterocycles. The van der Waals surface area contributed by atoms with E-state index in [-0.39, 0.29) is 5.78 Å². The monoisotopic (exact) mass is 288 g/mol. The van der Waals surface area contributed by atoms with E-state index in [1.54, 1.807) is 11.3 Å². The third-order valence-electron chi connectivity index (χ3n) is 2.94. The van der Waals surface area contributed by atoms with Crippen LogP contribution < -0.4 is 5.73 Å². The highest BCUT2D eigenvalue weighted by Crippen LogP contribution is 2.35. The van der Waals surface area contributed by atoms with E-state index in [1.165, 1.54) is 11.3 Å². The lowest BCUT2D eigenvalue weighted by molar-refractivity contribution is 0.0993. The number of carbonyl (C=O) groups excluding carboxylic acids is 1. The Bertz CT molecular complexity index is 744. The molecule has 3 rings (SSSR count). The topological polar surface area (TPSA) is 56.0 Å². The van der Waals surface area contributed by atoms with Gasteiger partial charge < -0.3 is 5.73 Å². The average Bonchev–Trinajstić information content (AvgIpc) is 3.06. The van der Waals surface area contributed by atoms with Gasteiger partial charge in [0.15, 0.2) is 5.78 Å². The first-order valence-corrected chi connectivity index (χ1v) is 7.66. The van der Waals surface area contributed by atoms with Crippen LogP contribution in [0, 0.1) is 0 Å². The molecule has 3 heterocycles. The molecule has 0 amide bonds. The van der Waals surface area contributed by atoms with Gasteiger partial charge in [0.2, 0.25) is 0 Å². The van der Waals surface area contributed by atoms with Crippen LogP contribution in [0.15, 0.2) is 29.6 Å². The summed E-state index contributed by atoms with van der Waals surface area (Å²) >= 11 is 3.04. The van der Waals surface area contributed by atoms with Crippen molar-refractivity contribution < 1.29 is 4.79 Å². The van der Waals surface area contributed by atoms with E-state index < -0.39 is 0 Å². The summed E-state index contributed by atoms with van der Waals surface area (Å²) in [4.78, 5) is 19.0. The third kappa shape index (κ3) is 2.05. The summed E-state index contributed by atoms with van der Waals surface area (Å²) in [7, 11) is 0. The zero-order chi connectivity index (χ0) is 13.4. The number of hydrogen-bond donors (Lipinski definition) is 1. The largest absolute Gasteiger partial charge is 0.397 e. The highest BCUT2D eigenvalue weighted by atomic mass is 32.1. The zero-order valence-corrected chi connectivity index (χ0v) is 12.0. The number of thiophene rings is 2. The number of hydrogen-bond acceptors (Lipinski definition) is 5. The van der Waals surface area contributed by atoms with Gasteiger partial charge in [-0.15, -0.1) is 22.7 Å². The van der Waals surface area contributed by atoms with Gasteiger partial charge >= 0.3 is 0 Å². The van der Waals surface area contributed by atoms with Gasteiger partial charge in [-0.05, 0) is 23.6 Å². The van der Waals surface area contributed by atoms with Gasteiger partial charge in [0.1, 0.15) is 4.83 Å². The Labute approximate surface area is 118 Å². The SMILES string of the molecule is CCC(=O)c1sc2nc(-c3cccs3)ccc2c1N. The lowest BCUT2D eigenvalue weighted by atomic mass is 10.2. The molecule has 19 heavy (non-hydrogen) atoms. The molecule has 0 aromatic carbocycles. The maximum Gasteiger partial charge on any atom is 0.174 e. The predicted molar refractivity (Wildman–Crippen MR) is 82.0 cm³/mol. The Morgan fingerprint density at radius 2 is 2.21 bits per heavy atom. The van der Waals surface area contributed by atoms with Crippen molar-refractivity contribution in [1.82, 2.24) is 4.98 Å². The number of rotatable bonds is 3. The molecule has 3 aromatic rings. The molecule has 2 N–H and O–H groups in total. The van der Waals surface area contributed by atoms with Gasteiger partial charge in [-0.25, -0.2) is 4.98 Å². The van der Waals surface area contributed by atoms with Crippen molar-refractivity contribution in [2.75, 3.05) is 5.73 Å². The maximum atomic E-state index is 11.8. The van der Waals surface area contributed by atoms with Crippen molar-refractivity contribution in [3.05, 3.63) is 34.5 Å². The highest BCUT2D eigenvalue weighted by Gasteiger charge is 2.16. The number of fused-ring (bicyclic) bond motifs is 1. The molecule has 3 aromatic heterocycles. The van der Waals surface area contributed by atoms with Crippen LogP contribution in [0.3, 0.4) is 0 Å². The van der Waals surface area contributed by atoms with Crippen LogP contribution in [-0.2, 0) is 0 Å². The fourth-order valence-corrected chi connectivity index (χ4v) is 3.73. The summed E-state index contributed by atoms with van der Waals surface area (Å²) in [6.45, 7) is 1.84. The normalized spacial score (nSPS) is 11.0. The van der Waals surface area contributed by atoms with Crippen molar-refractivity contribution in [1.29, 1.82) is 0 Å². The summed E-state index contributed by atoms with van der Waals surface area (Å²) in [5.41, 5.74) is 7.53. The van der Waals surface area contributed by atoms with Crippen LogP contribution in [0.4, 0.5) is 5.69 Å². The second-order valence-electron chi connectivity index (χ2n) is 4.15. The summed E-state index contributed by atoms with van der Waals surface area (Å²) in [5, 5.41) is 2.90. The molecular weight excluding hydrogens is 276 g/mol. The van der Waals surface area contributed by atoms with Crippen LogP contribution in [0.25, 0.3) is 20.8 Å². The highest BCUT2D eigenvalue weighted by molar-refractivity contribution is 7.21. The first-order valence-electron chi connectivity index (χ1n) is 5.96. The lowest BCUT2D eigenvalue weighted by Gasteiger charge is -1.97. The summed E-state index contributed by atoms with van der Waals surface area (Å²) in [5.74, 6) is 0.0816. The summed E-state index contributed by atoms with van der Waals surface area (Å²) in [6.07, 6.45) is 0.467. The molecule has 0 bridgehead atoms. The smallest absolute Gasteiger partial charge is 0.174 e. The third-order valence-corrected chi connectivity index (χ3v) is 4.99. The van der Waals surface area contributed by atoms with Gasteiger partial charge in [0, 0.05) is 11.8 Å². The first-order chi connectivity index (χ1) is 9.20. The minimum atomic E-state index is 0.0816. The van der Waals surface area contributed by atoms with Crippen molar-refractivity contribution in [2.45, 2.75) is 13.3 Å². The molecule has 5 heteroatoms.